The van der Waals surface area contributed by atoms with E-state index in [1.807, 2.05) is 0 Å². The van der Waals surface area contributed by atoms with E-state index in [2.05, 4.69) is 0 Å². The third-order valence-corrected chi connectivity index (χ3v) is 7.30. The Bertz CT molecular complexity index is 2230. The summed E-state index contributed by atoms with van der Waals surface area (Å²) in [5.41, 5.74) is -2.30. The summed E-state index contributed by atoms with van der Waals surface area (Å²) < 4.78 is 11.4. The van der Waals surface area contributed by atoms with Crippen LogP contribution in [0.3, 0.4) is 0 Å². The first-order valence-electron chi connectivity index (χ1n) is 13.1. The number of carbonyl (C=O) groups excluding carboxylic acids is 2. The van der Waals surface area contributed by atoms with Gasteiger partial charge in [-0.1, -0.05) is 0 Å². The van der Waals surface area contributed by atoms with Gasteiger partial charge in [-0.3, -0.25) is 19.2 Å². The van der Waals surface area contributed by atoms with E-state index in [1.54, 1.807) is 0 Å². The van der Waals surface area contributed by atoms with E-state index in [1.165, 1.54) is 26.0 Å². The maximum absolute atomic E-state index is 12.9. The molecule has 6 N–H and O–H groups in total. The Balaban J connectivity index is 1.80. The van der Waals surface area contributed by atoms with Gasteiger partial charge >= 0.3 is 0 Å². The van der Waals surface area contributed by atoms with Crippen LogP contribution in [0.15, 0.2) is 54.8 Å². The topological polar surface area (TPSA) is 216 Å². The molecule has 2 heterocycles. The summed E-state index contributed by atoms with van der Waals surface area (Å²) in [5.74, 6) is -4.60. The molecule has 0 aliphatic heterocycles. The van der Waals surface area contributed by atoms with Gasteiger partial charge in [-0.15, -0.1) is 0 Å². The van der Waals surface area contributed by atoms with Crippen molar-refractivity contribution in [1.29, 1.82) is 0 Å². The second kappa shape index (κ2) is 9.76. The molecule has 222 valence electrons. The molecule has 0 amide bonds. The van der Waals surface area contributed by atoms with E-state index in [4.69, 9.17) is 8.83 Å². The van der Waals surface area contributed by atoms with Crippen LogP contribution in [0, 0.1) is 0 Å². The van der Waals surface area contributed by atoms with E-state index < -0.39 is 45.4 Å². The third kappa shape index (κ3) is 4.23. The molecular weight excluding hydrogens is 576 g/mol. The molecule has 6 rings (SSSR count). The van der Waals surface area contributed by atoms with Crippen molar-refractivity contribution in [1.82, 2.24) is 0 Å². The van der Waals surface area contributed by atoms with Crippen LogP contribution in [0.5, 0.6) is 34.5 Å². The molecule has 2 aromatic heterocycles. The number of Topliss-reactive ketones (excluding diaryl/α,β-unsaturated/α-hetero) is 2. The monoisotopic (exact) mass is 598 g/mol. The fourth-order valence-electron chi connectivity index (χ4n) is 5.63. The Hall–Kier alpha value is -6.04. The van der Waals surface area contributed by atoms with Crippen molar-refractivity contribution >= 4 is 55.0 Å². The lowest BCUT2D eigenvalue weighted by atomic mass is 9.89. The van der Waals surface area contributed by atoms with Gasteiger partial charge in [0.15, 0.2) is 10.9 Å². The van der Waals surface area contributed by atoms with Crippen LogP contribution in [-0.4, -0.2) is 42.2 Å². The Labute approximate surface area is 244 Å². The lowest BCUT2D eigenvalue weighted by Crippen LogP contribution is -2.06. The van der Waals surface area contributed by atoms with Crippen molar-refractivity contribution in [3.05, 3.63) is 68.4 Å². The van der Waals surface area contributed by atoms with E-state index in [0.29, 0.717) is 0 Å². The average Bonchev–Trinajstić information content (AvgIpc) is 2.88. The Kier molecular flexibility index (Phi) is 6.24. The average molecular weight is 599 g/mol. The predicted molar refractivity (Wildman–Crippen MR) is 158 cm³/mol. The number of hydrogen-bond donors (Lipinski definition) is 6. The highest BCUT2D eigenvalue weighted by Gasteiger charge is 2.27. The van der Waals surface area contributed by atoms with Crippen molar-refractivity contribution < 1.29 is 49.1 Å². The normalized spacial score (nSPS) is 11.6. The molecule has 0 aliphatic rings. The quantitative estimate of drug-likeness (QED) is 0.153. The van der Waals surface area contributed by atoms with Crippen LogP contribution in [0.4, 0.5) is 0 Å². The smallest absolute Gasteiger partial charge is 0.196 e. The molecule has 0 radical (unpaired) electrons. The zero-order chi connectivity index (χ0) is 31.8. The van der Waals surface area contributed by atoms with Crippen LogP contribution < -0.4 is 10.9 Å². The van der Waals surface area contributed by atoms with E-state index in [-0.39, 0.29) is 90.5 Å². The molecule has 0 bridgehead atoms. The number of carbonyl (C=O) groups is 2. The zero-order valence-electron chi connectivity index (χ0n) is 23.0. The first-order valence-corrected chi connectivity index (χ1v) is 13.1. The molecule has 0 saturated carbocycles. The molecule has 0 unspecified atom stereocenters. The van der Waals surface area contributed by atoms with Crippen LogP contribution >= 0.6 is 0 Å². The van der Waals surface area contributed by atoms with Crippen LogP contribution in [0.25, 0.3) is 54.6 Å². The van der Waals surface area contributed by atoms with Crippen molar-refractivity contribution in [2.24, 2.45) is 0 Å². The minimum atomic E-state index is -0.713. The van der Waals surface area contributed by atoms with Crippen molar-refractivity contribution in [3.8, 4) is 45.6 Å². The van der Waals surface area contributed by atoms with Gasteiger partial charge in [0.05, 0.1) is 23.6 Å². The maximum atomic E-state index is 12.9. The summed E-state index contributed by atoms with van der Waals surface area (Å²) in [7, 11) is 0. The van der Waals surface area contributed by atoms with Gasteiger partial charge in [0.2, 0.25) is 0 Å². The fourth-order valence-corrected chi connectivity index (χ4v) is 5.63. The SMILES string of the molecule is CC(=O)Cc1cc(=O)c2c(O)c3c(O)cc(O)c(-c4c(O)cc(O)c5c(O)c6c(=O)cc(CC(C)=O)oc6cc45)c3cc2o1. The van der Waals surface area contributed by atoms with E-state index >= 15 is 0 Å². The molecule has 44 heavy (non-hydrogen) atoms. The first-order chi connectivity index (χ1) is 20.8. The number of ketones is 2. The predicted octanol–water partition coefficient (Wildman–Crippen LogP) is 4.37. The molecule has 4 aromatic carbocycles. The largest absolute Gasteiger partial charge is 0.507 e. The van der Waals surface area contributed by atoms with Gasteiger partial charge in [0, 0.05) is 46.2 Å². The standard InChI is InChI=1S/C32H22O12/c1-11(33)3-13-5-17(35)29-23(43-13)7-15-25(19(37)9-21(39)27(15)31(29)41)26-16-8-24-30(18(36)6-14(44-24)4-12(2)34)32(42)28(16)22(40)10-20(26)38/h5-10,37-42H,3-4H2,1-2H3. The molecule has 6 aromatic rings. The van der Waals surface area contributed by atoms with Gasteiger partial charge in [-0.05, 0) is 26.0 Å². The van der Waals surface area contributed by atoms with Gasteiger partial charge in [0.25, 0.3) is 0 Å². The van der Waals surface area contributed by atoms with Crippen LogP contribution in [-0.2, 0) is 22.4 Å². The van der Waals surface area contributed by atoms with Crippen molar-refractivity contribution in [2.45, 2.75) is 26.7 Å². The second-order valence-electron chi connectivity index (χ2n) is 10.5. The van der Waals surface area contributed by atoms with Gasteiger partial charge in [-0.2, -0.15) is 0 Å². The van der Waals surface area contributed by atoms with E-state index in [9.17, 15) is 49.8 Å². The molecule has 0 fully saturated rings. The fraction of sp³-hybridized carbons (Fsp3) is 0.125. The summed E-state index contributed by atoms with van der Waals surface area (Å²) in [6, 6.07) is 6.23. The Morgan fingerprint density at radius 2 is 0.909 bits per heavy atom. The number of aromatic hydroxyl groups is 6. The Morgan fingerprint density at radius 3 is 1.25 bits per heavy atom. The summed E-state index contributed by atoms with van der Waals surface area (Å²) in [6.07, 6.45) is -0.455. The zero-order valence-corrected chi connectivity index (χ0v) is 23.0. The number of phenolic OH excluding ortho intramolecular Hbond substituents is 6. The minimum absolute atomic E-state index is 0.00890. The molecule has 0 atom stereocenters. The summed E-state index contributed by atoms with van der Waals surface area (Å²) in [6.45, 7) is 2.58. The highest BCUT2D eigenvalue weighted by Crippen LogP contribution is 2.53. The highest BCUT2D eigenvalue weighted by molar-refractivity contribution is 6.19. The lowest BCUT2D eigenvalue weighted by molar-refractivity contribution is -0.117. The number of fused-ring (bicyclic) bond motifs is 4. The number of rotatable bonds is 5. The lowest BCUT2D eigenvalue weighted by Gasteiger charge is -2.18. The van der Waals surface area contributed by atoms with Crippen LogP contribution in [0.1, 0.15) is 25.4 Å². The van der Waals surface area contributed by atoms with Crippen LogP contribution in [0.2, 0.25) is 0 Å². The summed E-state index contributed by atoms with van der Waals surface area (Å²) in [4.78, 5) is 49.2. The minimum Gasteiger partial charge on any atom is -0.507 e. The highest BCUT2D eigenvalue weighted by atomic mass is 16.3. The number of benzene rings is 4. The second-order valence-corrected chi connectivity index (χ2v) is 10.5. The van der Waals surface area contributed by atoms with Crippen molar-refractivity contribution in [3.63, 3.8) is 0 Å². The van der Waals surface area contributed by atoms with Gasteiger partial charge < -0.3 is 39.5 Å². The van der Waals surface area contributed by atoms with Crippen molar-refractivity contribution in [2.75, 3.05) is 0 Å². The maximum Gasteiger partial charge on any atom is 0.196 e. The molecule has 12 nitrogen and oxygen atoms in total. The summed E-state index contributed by atoms with van der Waals surface area (Å²) in [5, 5.41) is 64.6. The molecule has 12 heteroatoms. The molecule has 0 spiro atoms. The third-order valence-electron chi connectivity index (χ3n) is 7.30. The molecular formula is C32H22O12. The first kappa shape index (κ1) is 28.1. The Morgan fingerprint density at radius 1 is 0.545 bits per heavy atom. The molecule has 0 saturated heterocycles. The molecule has 0 aliphatic carbocycles. The number of hydrogen-bond acceptors (Lipinski definition) is 12. The number of phenols is 6. The van der Waals surface area contributed by atoms with Gasteiger partial charge in [0.1, 0.15) is 79.5 Å². The van der Waals surface area contributed by atoms with E-state index in [0.717, 1.165) is 24.3 Å². The van der Waals surface area contributed by atoms with Gasteiger partial charge in [-0.25, -0.2) is 0 Å². The summed E-state index contributed by atoms with van der Waals surface area (Å²) >= 11 is 0.